The van der Waals surface area contributed by atoms with Gasteiger partial charge in [0.1, 0.15) is 5.75 Å². The minimum atomic E-state index is -0.451. The average Bonchev–Trinajstić information content (AvgIpc) is 2.85. The molecule has 1 aliphatic carbocycles. The van der Waals surface area contributed by atoms with Crippen LogP contribution in [0.3, 0.4) is 0 Å². The minimum Gasteiger partial charge on any atom is -0.494 e. The fourth-order valence-electron chi connectivity index (χ4n) is 2.54. The van der Waals surface area contributed by atoms with Crippen molar-refractivity contribution in [3.05, 3.63) is 29.3 Å². The van der Waals surface area contributed by atoms with Gasteiger partial charge in [-0.05, 0) is 68.7 Å². The summed E-state index contributed by atoms with van der Waals surface area (Å²) >= 11 is 0. The summed E-state index contributed by atoms with van der Waals surface area (Å²) < 4.78 is 5.78. The molecule has 19 heavy (non-hydrogen) atoms. The van der Waals surface area contributed by atoms with Crippen molar-refractivity contribution in [2.75, 3.05) is 13.2 Å². The first-order chi connectivity index (χ1) is 9.11. The third kappa shape index (κ3) is 4.22. The Kier molecular flexibility index (Phi) is 4.83. The van der Waals surface area contributed by atoms with Crippen LogP contribution >= 0.6 is 0 Å². The molecule has 3 heteroatoms. The number of rotatable bonds is 7. The smallest absolute Gasteiger partial charge is 0.119 e. The molecule has 1 aromatic rings. The highest BCUT2D eigenvalue weighted by Crippen LogP contribution is 2.26. The Labute approximate surface area is 115 Å². The molecule has 0 bridgehead atoms. The summed E-state index contributed by atoms with van der Waals surface area (Å²) in [6, 6.07) is 6.45. The zero-order valence-electron chi connectivity index (χ0n) is 11.8. The second-order valence-corrected chi connectivity index (χ2v) is 5.90. The molecular formula is C16H25NO2. The maximum atomic E-state index is 9.06. The van der Waals surface area contributed by atoms with Crippen LogP contribution in [0, 0.1) is 0 Å². The molecule has 1 unspecified atom stereocenters. The number of fused-ring (bicyclic) bond motifs is 1. The Hall–Kier alpha value is -1.06. The third-order valence-corrected chi connectivity index (χ3v) is 3.84. The van der Waals surface area contributed by atoms with Crippen molar-refractivity contribution in [1.29, 1.82) is 0 Å². The minimum absolute atomic E-state index is 0.0404. The lowest BCUT2D eigenvalue weighted by atomic mass is 9.97. The fraction of sp³-hybridized carbons (Fsp3) is 0.625. The van der Waals surface area contributed by atoms with Gasteiger partial charge in [0, 0.05) is 5.54 Å². The van der Waals surface area contributed by atoms with Crippen molar-refractivity contribution in [3.8, 4) is 5.75 Å². The number of ether oxygens (including phenoxy) is 1. The molecule has 0 radical (unpaired) electrons. The van der Waals surface area contributed by atoms with Crippen LogP contribution in [0.5, 0.6) is 5.75 Å². The van der Waals surface area contributed by atoms with E-state index >= 15 is 0 Å². The highest BCUT2D eigenvalue weighted by molar-refractivity contribution is 5.38. The normalized spacial score (nSPS) is 17.0. The van der Waals surface area contributed by atoms with E-state index in [9.17, 15) is 0 Å². The number of benzene rings is 1. The van der Waals surface area contributed by atoms with Gasteiger partial charge in [0.2, 0.25) is 0 Å². The van der Waals surface area contributed by atoms with Crippen LogP contribution in [0.15, 0.2) is 18.2 Å². The first-order valence-corrected chi connectivity index (χ1v) is 7.25. The van der Waals surface area contributed by atoms with E-state index in [1.165, 1.54) is 30.4 Å². The van der Waals surface area contributed by atoms with Gasteiger partial charge in [-0.1, -0.05) is 6.07 Å². The van der Waals surface area contributed by atoms with Gasteiger partial charge in [0.05, 0.1) is 13.2 Å². The van der Waals surface area contributed by atoms with Gasteiger partial charge in [-0.25, -0.2) is 0 Å². The highest BCUT2D eigenvalue weighted by Gasteiger charge is 2.16. The number of hydrogen-bond donors (Lipinski definition) is 2. The van der Waals surface area contributed by atoms with E-state index in [0.717, 1.165) is 31.6 Å². The molecule has 3 N–H and O–H groups in total. The number of aliphatic hydroxyl groups excluding tert-OH is 1. The average molecular weight is 263 g/mol. The standard InChI is InChI=1S/C16H25NO2/c1-16(17,12-18)9-2-3-10-19-15-8-7-13-5-4-6-14(13)11-15/h7-8,11,18H,2-6,9-10,12,17H2,1H3. The zero-order chi connectivity index (χ0) is 13.7. The SMILES string of the molecule is CC(N)(CO)CCCCOc1ccc2c(c1)CCC2. The van der Waals surface area contributed by atoms with Gasteiger partial charge >= 0.3 is 0 Å². The second-order valence-electron chi connectivity index (χ2n) is 5.90. The molecule has 106 valence electrons. The van der Waals surface area contributed by atoms with E-state index in [1.807, 2.05) is 6.92 Å². The molecular weight excluding hydrogens is 238 g/mol. The number of unbranched alkanes of at least 4 members (excludes halogenated alkanes) is 1. The summed E-state index contributed by atoms with van der Waals surface area (Å²) in [5.41, 5.74) is 8.36. The van der Waals surface area contributed by atoms with Crippen molar-refractivity contribution in [2.24, 2.45) is 5.73 Å². The first kappa shape index (κ1) is 14.4. The number of nitrogens with two attached hydrogens (primary N) is 1. The maximum Gasteiger partial charge on any atom is 0.119 e. The zero-order valence-corrected chi connectivity index (χ0v) is 11.8. The van der Waals surface area contributed by atoms with Crippen molar-refractivity contribution in [1.82, 2.24) is 0 Å². The molecule has 1 aromatic carbocycles. The summed E-state index contributed by atoms with van der Waals surface area (Å²) in [6.07, 6.45) is 6.47. The van der Waals surface area contributed by atoms with Crippen LogP contribution in [0.25, 0.3) is 0 Å². The molecule has 0 aromatic heterocycles. The summed E-state index contributed by atoms with van der Waals surface area (Å²) in [6.45, 7) is 2.65. The number of hydrogen-bond acceptors (Lipinski definition) is 3. The largest absolute Gasteiger partial charge is 0.494 e. The van der Waals surface area contributed by atoms with Crippen LogP contribution < -0.4 is 10.5 Å². The van der Waals surface area contributed by atoms with Crippen molar-refractivity contribution in [2.45, 2.75) is 51.0 Å². The van der Waals surface area contributed by atoms with Crippen molar-refractivity contribution in [3.63, 3.8) is 0 Å². The maximum absolute atomic E-state index is 9.06. The van der Waals surface area contributed by atoms with E-state index in [2.05, 4.69) is 18.2 Å². The molecule has 2 rings (SSSR count). The molecule has 0 aliphatic heterocycles. The van der Waals surface area contributed by atoms with Crippen LogP contribution in [-0.2, 0) is 12.8 Å². The number of aliphatic hydroxyl groups is 1. The molecule has 0 amide bonds. The highest BCUT2D eigenvalue weighted by atomic mass is 16.5. The molecule has 1 aliphatic rings. The van der Waals surface area contributed by atoms with E-state index in [0.29, 0.717) is 0 Å². The lowest BCUT2D eigenvalue weighted by Crippen LogP contribution is -2.39. The first-order valence-electron chi connectivity index (χ1n) is 7.25. The van der Waals surface area contributed by atoms with Crippen LogP contribution in [0.2, 0.25) is 0 Å². The Bertz CT molecular complexity index is 415. The van der Waals surface area contributed by atoms with E-state index < -0.39 is 5.54 Å². The van der Waals surface area contributed by atoms with Gasteiger partial charge < -0.3 is 15.6 Å². The lowest BCUT2D eigenvalue weighted by molar-refractivity contribution is 0.194. The van der Waals surface area contributed by atoms with Gasteiger partial charge in [0.25, 0.3) is 0 Å². The van der Waals surface area contributed by atoms with E-state index in [1.54, 1.807) is 0 Å². The van der Waals surface area contributed by atoms with E-state index in [-0.39, 0.29) is 6.61 Å². The van der Waals surface area contributed by atoms with Gasteiger partial charge in [-0.3, -0.25) is 0 Å². The summed E-state index contributed by atoms with van der Waals surface area (Å²) in [7, 11) is 0. The number of aryl methyl sites for hydroxylation is 2. The molecule has 0 heterocycles. The lowest BCUT2D eigenvalue weighted by Gasteiger charge is -2.21. The van der Waals surface area contributed by atoms with Gasteiger partial charge in [0.15, 0.2) is 0 Å². The summed E-state index contributed by atoms with van der Waals surface area (Å²) in [5, 5.41) is 9.06. The fourth-order valence-corrected chi connectivity index (χ4v) is 2.54. The van der Waals surface area contributed by atoms with Gasteiger partial charge in [-0.15, -0.1) is 0 Å². The van der Waals surface area contributed by atoms with Gasteiger partial charge in [-0.2, -0.15) is 0 Å². The Morgan fingerprint density at radius 2 is 2.05 bits per heavy atom. The predicted octanol–water partition coefficient (Wildman–Crippen LogP) is 2.43. The quantitative estimate of drug-likeness (QED) is 0.743. The predicted molar refractivity (Wildman–Crippen MR) is 77.5 cm³/mol. The molecule has 0 saturated carbocycles. The molecule has 0 spiro atoms. The Morgan fingerprint density at radius 3 is 2.84 bits per heavy atom. The molecule has 1 atom stereocenters. The summed E-state index contributed by atoms with van der Waals surface area (Å²) in [5.74, 6) is 0.985. The van der Waals surface area contributed by atoms with E-state index in [4.69, 9.17) is 15.6 Å². The topological polar surface area (TPSA) is 55.5 Å². The second kappa shape index (κ2) is 6.40. The van der Waals surface area contributed by atoms with Crippen LogP contribution in [-0.4, -0.2) is 23.9 Å². The molecule has 0 fully saturated rings. The van der Waals surface area contributed by atoms with Crippen molar-refractivity contribution >= 4 is 0 Å². The molecule has 0 saturated heterocycles. The summed E-state index contributed by atoms with van der Waals surface area (Å²) in [4.78, 5) is 0. The monoisotopic (exact) mass is 263 g/mol. The third-order valence-electron chi connectivity index (χ3n) is 3.84. The van der Waals surface area contributed by atoms with Crippen molar-refractivity contribution < 1.29 is 9.84 Å². The van der Waals surface area contributed by atoms with Crippen LogP contribution in [0.1, 0.15) is 43.7 Å². The Balaban J connectivity index is 1.69. The molecule has 3 nitrogen and oxygen atoms in total. The Morgan fingerprint density at radius 1 is 1.26 bits per heavy atom. The van der Waals surface area contributed by atoms with Crippen LogP contribution in [0.4, 0.5) is 0 Å².